The largest absolute Gasteiger partial charge is 0.490 e. The second-order valence-corrected chi connectivity index (χ2v) is 6.47. The third-order valence-electron chi connectivity index (χ3n) is 4.32. The van der Waals surface area contributed by atoms with Gasteiger partial charge in [-0.25, -0.2) is 9.18 Å². The lowest BCUT2D eigenvalue weighted by Crippen LogP contribution is -2.43. The molecular formula is C19H28FN3O3. The molecule has 2 rings (SSSR count). The summed E-state index contributed by atoms with van der Waals surface area (Å²) in [5.41, 5.74) is 0. The van der Waals surface area contributed by atoms with Crippen LogP contribution in [0.15, 0.2) is 24.3 Å². The van der Waals surface area contributed by atoms with Crippen LogP contribution in [0.4, 0.5) is 9.18 Å². The summed E-state index contributed by atoms with van der Waals surface area (Å²) in [4.78, 5) is 23.5. The zero-order valence-corrected chi connectivity index (χ0v) is 15.1. The Balaban J connectivity index is 1.47. The maximum Gasteiger partial charge on any atom is 0.315 e. The lowest BCUT2D eigenvalue weighted by Gasteiger charge is -2.22. The number of benzene rings is 1. The lowest BCUT2D eigenvalue weighted by molar-refractivity contribution is -0.120. The van der Waals surface area contributed by atoms with E-state index in [0.717, 1.165) is 25.7 Å². The molecule has 144 valence electrons. The van der Waals surface area contributed by atoms with Gasteiger partial charge in [0.15, 0.2) is 11.6 Å². The van der Waals surface area contributed by atoms with Crippen LogP contribution in [-0.4, -0.2) is 37.7 Å². The predicted molar refractivity (Wildman–Crippen MR) is 97.5 cm³/mol. The van der Waals surface area contributed by atoms with Gasteiger partial charge in [0.1, 0.15) is 0 Å². The van der Waals surface area contributed by atoms with Gasteiger partial charge in [-0.15, -0.1) is 0 Å². The molecule has 0 spiro atoms. The van der Waals surface area contributed by atoms with Crippen molar-refractivity contribution in [2.75, 3.05) is 19.7 Å². The van der Waals surface area contributed by atoms with Gasteiger partial charge < -0.3 is 20.7 Å². The van der Waals surface area contributed by atoms with Crippen molar-refractivity contribution >= 4 is 11.9 Å². The molecule has 0 aliphatic heterocycles. The predicted octanol–water partition coefficient (Wildman–Crippen LogP) is 2.73. The van der Waals surface area contributed by atoms with E-state index in [-0.39, 0.29) is 30.2 Å². The highest BCUT2D eigenvalue weighted by Crippen LogP contribution is 2.17. The van der Waals surface area contributed by atoms with Crippen molar-refractivity contribution in [2.24, 2.45) is 0 Å². The van der Waals surface area contributed by atoms with Crippen molar-refractivity contribution in [3.05, 3.63) is 30.1 Å². The Bertz CT molecular complexity index is 577. The maximum absolute atomic E-state index is 13.3. The number of halogens is 1. The number of para-hydroxylation sites is 1. The highest BCUT2D eigenvalue weighted by molar-refractivity contribution is 5.78. The van der Waals surface area contributed by atoms with Crippen molar-refractivity contribution in [2.45, 2.75) is 51.0 Å². The Kier molecular flexibility index (Phi) is 8.72. The second kappa shape index (κ2) is 11.3. The monoisotopic (exact) mass is 365 g/mol. The molecule has 0 atom stereocenters. The van der Waals surface area contributed by atoms with Crippen molar-refractivity contribution < 1.29 is 18.7 Å². The number of nitrogens with one attached hydrogen (secondary N) is 3. The quantitative estimate of drug-likeness (QED) is 0.589. The lowest BCUT2D eigenvalue weighted by atomic mass is 9.96. The fraction of sp³-hybridized carbons (Fsp3) is 0.579. The Morgan fingerprint density at radius 3 is 2.62 bits per heavy atom. The van der Waals surface area contributed by atoms with E-state index in [1.165, 1.54) is 12.5 Å². The molecule has 0 saturated heterocycles. The zero-order chi connectivity index (χ0) is 18.6. The molecule has 3 amide bonds. The smallest absolute Gasteiger partial charge is 0.315 e. The SMILES string of the molecule is O=C(CCNC(=O)NC1CCCCC1)NCCCOc1ccccc1F. The molecule has 0 radical (unpaired) electrons. The number of ether oxygens (including phenoxy) is 1. The third-order valence-corrected chi connectivity index (χ3v) is 4.32. The average Bonchev–Trinajstić information content (AvgIpc) is 2.63. The number of carbonyl (C=O) groups excluding carboxylic acids is 2. The molecule has 1 aromatic carbocycles. The first-order chi connectivity index (χ1) is 12.6. The van der Waals surface area contributed by atoms with Crippen LogP contribution in [0, 0.1) is 5.82 Å². The van der Waals surface area contributed by atoms with E-state index in [4.69, 9.17) is 4.74 Å². The minimum atomic E-state index is -0.394. The van der Waals surface area contributed by atoms with Crippen molar-refractivity contribution in [3.8, 4) is 5.75 Å². The molecule has 1 saturated carbocycles. The van der Waals surface area contributed by atoms with E-state index in [1.807, 2.05) is 0 Å². The maximum atomic E-state index is 13.3. The first kappa shape index (κ1) is 20.0. The number of hydrogen-bond acceptors (Lipinski definition) is 3. The molecule has 3 N–H and O–H groups in total. The first-order valence-corrected chi connectivity index (χ1v) is 9.33. The van der Waals surface area contributed by atoms with Gasteiger partial charge >= 0.3 is 6.03 Å². The van der Waals surface area contributed by atoms with Gasteiger partial charge in [0, 0.05) is 25.6 Å². The summed E-state index contributed by atoms with van der Waals surface area (Å²) in [5, 5.41) is 8.41. The summed E-state index contributed by atoms with van der Waals surface area (Å²) in [7, 11) is 0. The van der Waals surface area contributed by atoms with Gasteiger partial charge in [0.05, 0.1) is 6.61 Å². The number of rotatable bonds is 9. The van der Waals surface area contributed by atoms with E-state index in [1.54, 1.807) is 18.2 Å². The van der Waals surface area contributed by atoms with E-state index < -0.39 is 5.82 Å². The third kappa shape index (κ3) is 7.72. The van der Waals surface area contributed by atoms with Gasteiger partial charge in [-0.1, -0.05) is 31.4 Å². The van der Waals surface area contributed by atoms with Crippen molar-refractivity contribution in [1.82, 2.24) is 16.0 Å². The summed E-state index contributed by atoms with van der Waals surface area (Å²) < 4.78 is 18.7. The number of carbonyl (C=O) groups is 2. The standard InChI is InChI=1S/C19H28FN3O3/c20-16-9-4-5-10-17(16)26-14-6-12-21-18(24)11-13-22-19(25)23-15-7-2-1-3-8-15/h4-5,9-10,15H,1-3,6-8,11-14H2,(H,21,24)(H2,22,23,25). The fourth-order valence-electron chi connectivity index (χ4n) is 2.91. The molecule has 1 fully saturated rings. The minimum Gasteiger partial charge on any atom is -0.490 e. The molecule has 1 aliphatic carbocycles. The number of hydrogen-bond donors (Lipinski definition) is 3. The Hall–Kier alpha value is -2.31. The summed E-state index contributed by atoms with van der Waals surface area (Å²) in [6.07, 6.45) is 6.43. The summed E-state index contributed by atoms with van der Waals surface area (Å²) in [6, 6.07) is 6.27. The Morgan fingerprint density at radius 1 is 1.08 bits per heavy atom. The number of urea groups is 1. The fourth-order valence-corrected chi connectivity index (χ4v) is 2.91. The summed E-state index contributed by atoms with van der Waals surface area (Å²) in [6.45, 7) is 1.07. The van der Waals surface area contributed by atoms with Gasteiger partial charge in [-0.05, 0) is 31.4 Å². The van der Waals surface area contributed by atoms with Crippen LogP contribution in [0.25, 0.3) is 0 Å². The van der Waals surface area contributed by atoms with Crippen LogP contribution in [0.5, 0.6) is 5.75 Å². The molecule has 0 aromatic heterocycles. The normalized spacial score (nSPS) is 14.5. The zero-order valence-electron chi connectivity index (χ0n) is 15.1. The molecule has 0 bridgehead atoms. The highest BCUT2D eigenvalue weighted by atomic mass is 19.1. The van der Waals surface area contributed by atoms with Crippen LogP contribution >= 0.6 is 0 Å². The van der Waals surface area contributed by atoms with Gasteiger partial charge in [-0.3, -0.25) is 4.79 Å². The minimum absolute atomic E-state index is 0.131. The van der Waals surface area contributed by atoms with Crippen LogP contribution < -0.4 is 20.7 Å². The molecule has 1 aliphatic rings. The van der Waals surface area contributed by atoms with Crippen molar-refractivity contribution in [3.63, 3.8) is 0 Å². The van der Waals surface area contributed by atoms with Gasteiger partial charge in [0.25, 0.3) is 0 Å². The molecule has 7 heteroatoms. The molecule has 0 heterocycles. The van der Waals surface area contributed by atoms with Crippen LogP contribution in [-0.2, 0) is 4.79 Å². The highest BCUT2D eigenvalue weighted by Gasteiger charge is 2.15. The van der Waals surface area contributed by atoms with Crippen LogP contribution in [0.1, 0.15) is 44.9 Å². The van der Waals surface area contributed by atoms with Gasteiger partial charge in [-0.2, -0.15) is 0 Å². The van der Waals surface area contributed by atoms with Crippen molar-refractivity contribution in [1.29, 1.82) is 0 Å². The van der Waals surface area contributed by atoms with E-state index in [0.29, 0.717) is 26.1 Å². The average molecular weight is 365 g/mol. The number of amides is 3. The molecule has 1 aromatic rings. The summed E-state index contributed by atoms with van der Waals surface area (Å²) >= 11 is 0. The van der Waals surface area contributed by atoms with Gasteiger partial charge in [0.2, 0.25) is 5.91 Å². The topological polar surface area (TPSA) is 79.5 Å². The van der Waals surface area contributed by atoms with E-state index >= 15 is 0 Å². The van der Waals surface area contributed by atoms with Crippen LogP contribution in [0.2, 0.25) is 0 Å². The van der Waals surface area contributed by atoms with E-state index in [2.05, 4.69) is 16.0 Å². The summed E-state index contributed by atoms with van der Waals surface area (Å²) in [5.74, 6) is -0.310. The molecule has 0 unspecified atom stereocenters. The molecule has 6 nitrogen and oxygen atoms in total. The van der Waals surface area contributed by atoms with Crippen LogP contribution in [0.3, 0.4) is 0 Å². The Morgan fingerprint density at radius 2 is 1.85 bits per heavy atom. The molecule has 26 heavy (non-hydrogen) atoms. The molecular weight excluding hydrogens is 337 g/mol. The van der Waals surface area contributed by atoms with E-state index in [9.17, 15) is 14.0 Å². The Labute approximate surface area is 153 Å². The second-order valence-electron chi connectivity index (χ2n) is 6.47. The first-order valence-electron chi connectivity index (χ1n) is 9.33.